The largest absolute Gasteiger partial charge is 0.377 e. The maximum absolute atomic E-state index is 10.3. The number of nitrogens with two attached hydrogens (primary N) is 1. The second kappa shape index (κ2) is 1.74. The zero-order valence-electron chi connectivity index (χ0n) is 4.76. The minimum atomic E-state index is -0.247. The first-order chi connectivity index (χ1) is 3.72. The fraction of sp³-hybridized carbons (Fsp3) is 0.800. The molecule has 46 valence electrons. The lowest BCUT2D eigenvalue weighted by Gasteiger charge is -2.31. The number of carbonyl (C=O) groups is 1. The van der Waals surface area contributed by atoms with Crippen molar-refractivity contribution in [2.75, 3.05) is 6.61 Å². The summed E-state index contributed by atoms with van der Waals surface area (Å²) in [7, 11) is 0. The third-order valence-electron chi connectivity index (χ3n) is 1.47. The average Bonchev–Trinajstić information content (AvgIpc) is 1.61. The van der Waals surface area contributed by atoms with E-state index in [0.29, 0.717) is 6.61 Å². The molecule has 0 spiro atoms. The van der Waals surface area contributed by atoms with E-state index in [-0.39, 0.29) is 17.9 Å². The van der Waals surface area contributed by atoms with Gasteiger partial charge in [0.1, 0.15) is 0 Å². The topological polar surface area (TPSA) is 52.3 Å². The van der Waals surface area contributed by atoms with Crippen LogP contribution in [0.25, 0.3) is 0 Å². The summed E-state index contributed by atoms with van der Waals surface area (Å²) < 4.78 is 4.90. The normalized spacial score (nSPS) is 36.1. The fourth-order valence-corrected chi connectivity index (χ4v) is 0.698. The van der Waals surface area contributed by atoms with Crippen molar-refractivity contribution in [1.82, 2.24) is 0 Å². The summed E-state index contributed by atoms with van der Waals surface area (Å²) in [5, 5.41) is 0. The van der Waals surface area contributed by atoms with E-state index >= 15 is 0 Å². The number of amides is 1. The lowest BCUT2D eigenvalue weighted by Crippen LogP contribution is -2.45. The van der Waals surface area contributed by atoms with Crippen LogP contribution in [-0.4, -0.2) is 18.6 Å². The summed E-state index contributed by atoms with van der Waals surface area (Å²) in [5.74, 6) is -0.279. The number of hydrogen-bond acceptors (Lipinski definition) is 2. The smallest absolute Gasteiger partial charge is 0.225 e. The van der Waals surface area contributed by atoms with Gasteiger partial charge in [-0.3, -0.25) is 4.79 Å². The van der Waals surface area contributed by atoms with Gasteiger partial charge in [-0.1, -0.05) is 0 Å². The van der Waals surface area contributed by atoms with Gasteiger partial charge in [0.25, 0.3) is 0 Å². The van der Waals surface area contributed by atoms with E-state index in [0.717, 1.165) is 0 Å². The molecule has 3 nitrogen and oxygen atoms in total. The SMILES string of the molecule is CC1OCC1C(N)=O. The lowest BCUT2D eigenvalue weighted by atomic mass is 9.99. The molecule has 1 aliphatic rings. The maximum atomic E-state index is 10.3. The number of primary amides is 1. The van der Waals surface area contributed by atoms with Gasteiger partial charge in [0.2, 0.25) is 5.91 Å². The molecule has 8 heavy (non-hydrogen) atoms. The summed E-state index contributed by atoms with van der Waals surface area (Å²) >= 11 is 0. The second-order valence-corrected chi connectivity index (χ2v) is 2.05. The maximum Gasteiger partial charge on any atom is 0.225 e. The molecule has 0 aromatic carbocycles. The molecule has 2 N–H and O–H groups in total. The molecule has 1 fully saturated rings. The molecule has 1 amide bonds. The van der Waals surface area contributed by atoms with Crippen LogP contribution in [0.4, 0.5) is 0 Å². The van der Waals surface area contributed by atoms with Gasteiger partial charge in [-0.2, -0.15) is 0 Å². The second-order valence-electron chi connectivity index (χ2n) is 2.05. The van der Waals surface area contributed by atoms with Gasteiger partial charge in [-0.25, -0.2) is 0 Å². The van der Waals surface area contributed by atoms with Crippen LogP contribution in [-0.2, 0) is 9.53 Å². The standard InChI is InChI=1S/C5H9NO2/c1-3-4(2-8-3)5(6)7/h3-4H,2H2,1H3,(H2,6,7). The Balaban J connectivity index is 2.37. The molecule has 0 radical (unpaired) electrons. The molecule has 3 heteroatoms. The predicted octanol–water partition coefficient (Wildman–Crippen LogP) is -0.493. The molecule has 1 aliphatic heterocycles. The molecule has 2 atom stereocenters. The molecule has 1 saturated heterocycles. The molecule has 0 aliphatic carbocycles. The molecule has 0 saturated carbocycles. The molecule has 0 bridgehead atoms. The number of carbonyl (C=O) groups excluding carboxylic acids is 1. The molecule has 0 aromatic heterocycles. The Kier molecular flexibility index (Phi) is 1.21. The number of hydrogen-bond donors (Lipinski definition) is 1. The minimum Gasteiger partial charge on any atom is -0.377 e. The summed E-state index contributed by atoms with van der Waals surface area (Å²) in [6.45, 7) is 2.36. The van der Waals surface area contributed by atoms with Crippen LogP contribution in [0.15, 0.2) is 0 Å². The van der Waals surface area contributed by atoms with Crippen LogP contribution < -0.4 is 5.73 Å². The molecule has 2 unspecified atom stereocenters. The first-order valence-corrected chi connectivity index (χ1v) is 2.62. The summed E-state index contributed by atoms with van der Waals surface area (Å²) in [4.78, 5) is 10.3. The highest BCUT2D eigenvalue weighted by atomic mass is 16.5. The predicted molar refractivity (Wildman–Crippen MR) is 28.1 cm³/mol. The van der Waals surface area contributed by atoms with Crippen molar-refractivity contribution < 1.29 is 9.53 Å². The van der Waals surface area contributed by atoms with Gasteiger partial charge in [0, 0.05) is 0 Å². The first kappa shape index (κ1) is 5.56. The van der Waals surface area contributed by atoms with E-state index in [1.165, 1.54) is 0 Å². The van der Waals surface area contributed by atoms with Crippen LogP contribution in [0.3, 0.4) is 0 Å². The van der Waals surface area contributed by atoms with E-state index in [1.54, 1.807) is 0 Å². The van der Waals surface area contributed by atoms with Crippen molar-refractivity contribution in [3.05, 3.63) is 0 Å². The third kappa shape index (κ3) is 0.690. The van der Waals surface area contributed by atoms with E-state index < -0.39 is 0 Å². The fourth-order valence-electron chi connectivity index (χ4n) is 0.698. The van der Waals surface area contributed by atoms with Gasteiger partial charge in [-0.15, -0.1) is 0 Å². The average molecular weight is 115 g/mol. The highest BCUT2D eigenvalue weighted by Crippen LogP contribution is 2.18. The van der Waals surface area contributed by atoms with E-state index in [4.69, 9.17) is 10.5 Å². The third-order valence-corrected chi connectivity index (χ3v) is 1.47. The Bertz CT molecular complexity index is 113. The van der Waals surface area contributed by atoms with Crippen molar-refractivity contribution in [2.24, 2.45) is 11.7 Å². The Morgan fingerprint density at radius 3 is 2.50 bits per heavy atom. The summed E-state index contributed by atoms with van der Waals surface area (Å²) in [5.41, 5.74) is 4.97. The van der Waals surface area contributed by atoms with Crippen molar-refractivity contribution in [3.63, 3.8) is 0 Å². The van der Waals surface area contributed by atoms with Crippen LogP contribution in [0.1, 0.15) is 6.92 Å². The Labute approximate surface area is 47.8 Å². The minimum absolute atomic E-state index is 0.0324. The van der Waals surface area contributed by atoms with Crippen molar-refractivity contribution in [1.29, 1.82) is 0 Å². The van der Waals surface area contributed by atoms with Crippen molar-refractivity contribution in [3.8, 4) is 0 Å². The van der Waals surface area contributed by atoms with Gasteiger partial charge >= 0.3 is 0 Å². The first-order valence-electron chi connectivity index (χ1n) is 2.62. The van der Waals surface area contributed by atoms with Crippen molar-refractivity contribution >= 4 is 5.91 Å². The van der Waals surface area contributed by atoms with Gasteiger partial charge < -0.3 is 10.5 Å². The quantitative estimate of drug-likeness (QED) is 0.501. The van der Waals surface area contributed by atoms with Crippen LogP contribution in [0.2, 0.25) is 0 Å². The molecular weight excluding hydrogens is 106 g/mol. The van der Waals surface area contributed by atoms with E-state index in [2.05, 4.69) is 0 Å². The van der Waals surface area contributed by atoms with Gasteiger partial charge in [0.05, 0.1) is 18.6 Å². The van der Waals surface area contributed by atoms with Crippen molar-refractivity contribution in [2.45, 2.75) is 13.0 Å². The monoisotopic (exact) mass is 115 g/mol. The Morgan fingerprint density at radius 1 is 1.88 bits per heavy atom. The molecule has 0 aromatic rings. The Hall–Kier alpha value is -0.570. The Morgan fingerprint density at radius 2 is 2.50 bits per heavy atom. The van der Waals surface area contributed by atoms with Gasteiger partial charge in [0.15, 0.2) is 0 Å². The highest BCUT2D eigenvalue weighted by molar-refractivity contribution is 5.78. The van der Waals surface area contributed by atoms with E-state index in [9.17, 15) is 4.79 Å². The van der Waals surface area contributed by atoms with Crippen LogP contribution in [0, 0.1) is 5.92 Å². The van der Waals surface area contributed by atoms with E-state index in [1.807, 2.05) is 6.92 Å². The zero-order valence-corrected chi connectivity index (χ0v) is 4.76. The molecule has 1 rings (SSSR count). The van der Waals surface area contributed by atoms with Gasteiger partial charge in [-0.05, 0) is 6.92 Å². The van der Waals surface area contributed by atoms with Crippen LogP contribution >= 0.6 is 0 Å². The number of rotatable bonds is 1. The van der Waals surface area contributed by atoms with Crippen LogP contribution in [0.5, 0.6) is 0 Å². The summed E-state index contributed by atoms with van der Waals surface area (Å²) in [6.07, 6.45) is 0.0486. The zero-order chi connectivity index (χ0) is 6.15. The highest BCUT2D eigenvalue weighted by Gasteiger charge is 2.32. The summed E-state index contributed by atoms with van der Waals surface area (Å²) in [6, 6.07) is 0. The molecule has 1 heterocycles. The molecular formula is C5H9NO2. The lowest BCUT2D eigenvalue weighted by molar-refractivity contribution is -0.149. The number of ether oxygens (including phenoxy) is 1.